The van der Waals surface area contributed by atoms with Gasteiger partial charge in [0.2, 0.25) is 0 Å². The molecule has 0 bridgehead atoms. The Morgan fingerprint density at radius 3 is 1.10 bits per heavy atom. The van der Waals surface area contributed by atoms with Crippen molar-refractivity contribution in [3.8, 4) is 0 Å². The Hall–Kier alpha value is 1.27. The van der Waals surface area contributed by atoms with Crippen molar-refractivity contribution in [2.75, 3.05) is 0 Å². The summed E-state index contributed by atoms with van der Waals surface area (Å²) in [5.74, 6) is 0. The van der Waals surface area contributed by atoms with Gasteiger partial charge >= 0.3 is 59.1 Å². The van der Waals surface area contributed by atoms with Gasteiger partial charge in [-0.05, 0) is 0 Å². The minimum Gasteiger partial charge on any atom is -0.759 e. The van der Waals surface area contributed by atoms with Gasteiger partial charge in [0.25, 0.3) is 0 Å². The molecule has 10 heavy (non-hydrogen) atoms. The summed E-state index contributed by atoms with van der Waals surface area (Å²) in [6, 6.07) is 0. The maximum atomic E-state index is 8.52. The first-order chi connectivity index (χ1) is 3.41. The molecule has 0 fully saturated rings. The molecule has 0 aliphatic carbocycles. The second-order valence-corrected chi connectivity index (χ2v) is 1.31. The van der Waals surface area contributed by atoms with Gasteiger partial charge in [-0.1, -0.05) is 0 Å². The third-order valence-electron chi connectivity index (χ3n) is 0. The van der Waals surface area contributed by atoms with Gasteiger partial charge in [0.05, 0.1) is 0 Å². The third kappa shape index (κ3) is 393. The van der Waals surface area contributed by atoms with Crippen molar-refractivity contribution in [1.82, 2.24) is 0 Å². The minimum absolute atomic E-state index is 0. The van der Waals surface area contributed by atoms with E-state index in [2.05, 4.69) is 0 Å². The van der Waals surface area contributed by atoms with E-state index < -0.39 is 10.4 Å². The number of nitrogens with one attached hydrogen (secondary N) is 1. The molecule has 0 aromatic heterocycles. The van der Waals surface area contributed by atoms with Gasteiger partial charge in [-0.3, -0.25) is 18.5 Å². The van der Waals surface area contributed by atoms with Crippen molar-refractivity contribution in [2.45, 2.75) is 0 Å². The van der Waals surface area contributed by atoms with Crippen LogP contribution in [0.5, 0.6) is 0 Å². The number of hydrogen-bond acceptors (Lipinski definition) is 6. The molecule has 0 aliphatic rings. The Kier molecular flexibility index (Phi) is 29.0. The molecular weight excluding hydrogens is 188 g/mol. The van der Waals surface area contributed by atoms with E-state index in [-0.39, 0.29) is 64.5 Å². The van der Waals surface area contributed by atoms with E-state index in [1.54, 1.807) is 0 Å². The van der Waals surface area contributed by atoms with Crippen molar-refractivity contribution in [3.05, 3.63) is 10.1 Å². The zero-order chi connectivity index (χ0) is 7.21. The largest absolute Gasteiger partial charge is 1.00 e. The molecule has 0 saturated carbocycles. The molecule has 0 spiro atoms. The summed E-state index contributed by atoms with van der Waals surface area (Å²) in [7, 11) is -5.17. The maximum Gasteiger partial charge on any atom is 1.00 e. The van der Waals surface area contributed by atoms with Crippen LogP contribution < -0.4 is 64.5 Å². The van der Waals surface area contributed by atoms with Crippen LogP contribution in [-0.2, 0) is 10.4 Å². The zero-order valence-corrected chi connectivity index (χ0v) is 10.2. The Morgan fingerprint density at radius 1 is 1.10 bits per heavy atom. The molecule has 0 rings (SSSR count). The molecule has 7 nitrogen and oxygen atoms in total. The van der Waals surface area contributed by atoms with Crippen molar-refractivity contribution in [1.29, 1.82) is 0 Å². The Balaban J connectivity index is -0.0000000326. The van der Waals surface area contributed by atoms with E-state index in [1.165, 1.54) is 0 Å². The summed E-state index contributed by atoms with van der Waals surface area (Å²) in [4.78, 5) is 8.12. The standard InChI is InChI=1S/HNO2.2Na.H2O4S/c2-1-3;;;1-5(2,3)4/h1H;;;(H2,1,2,3,4)/q;2*+1;/p-2. The summed E-state index contributed by atoms with van der Waals surface area (Å²) >= 11 is 0. The quantitative estimate of drug-likeness (QED) is 0.132. The van der Waals surface area contributed by atoms with Gasteiger partial charge < -0.3 is 9.11 Å². The molecule has 0 aromatic carbocycles. The summed E-state index contributed by atoms with van der Waals surface area (Å²) in [6.45, 7) is 0. The number of hydrogen-bond donors (Lipinski definition) is 1. The van der Waals surface area contributed by atoms with Gasteiger partial charge in [0.15, 0.2) is 0 Å². The first-order valence-electron chi connectivity index (χ1n) is 1.07. The maximum absolute atomic E-state index is 8.52. The molecule has 0 amide bonds. The third-order valence-corrected chi connectivity index (χ3v) is 0. The molecule has 0 atom stereocenters. The van der Waals surface area contributed by atoms with Gasteiger partial charge in [0, 0.05) is 15.7 Å². The fourth-order valence-electron chi connectivity index (χ4n) is 0. The second kappa shape index (κ2) is 12.9. The van der Waals surface area contributed by atoms with Crippen molar-refractivity contribution in [3.63, 3.8) is 0 Å². The van der Waals surface area contributed by atoms with Crippen LogP contribution in [0, 0.1) is 10.1 Å². The van der Waals surface area contributed by atoms with Gasteiger partial charge in [-0.15, -0.1) is 0 Å². The van der Waals surface area contributed by atoms with Crippen LogP contribution in [0.25, 0.3) is 0 Å². The van der Waals surface area contributed by atoms with Gasteiger partial charge in [-0.25, -0.2) is 0 Å². The summed E-state index contributed by atoms with van der Waals surface area (Å²) in [5.41, 5.74) is 0. The van der Waals surface area contributed by atoms with E-state index in [1.807, 2.05) is 0 Å². The van der Waals surface area contributed by atoms with Gasteiger partial charge in [0.1, 0.15) is 0 Å². The summed E-state index contributed by atoms with van der Waals surface area (Å²) < 4.78 is 34.1. The van der Waals surface area contributed by atoms with Crippen molar-refractivity contribution >= 4 is 10.4 Å². The van der Waals surface area contributed by atoms with Crippen LogP contribution in [0.1, 0.15) is 0 Å². The van der Waals surface area contributed by atoms with E-state index in [0.29, 0.717) is 0 Å². The molecule has 1 N–H and O–H groups in total. The van der Waals surface area contributed by atoms with Crippen LogP contribution in [0.3, 0.4) is 0 Å². The average Bonchev–Trinajstić information content (AvgIpc) is 1.27. The van der Waals surface area contributed by atoms with Crippen molar-refractivity contribution < 1.29 is 82.0 Å². The van der Waals surface area contributed by atoms with E-state index in [4.69, 9.17) is 27.6 Å². The van der Waals surface area contributed by atoms with Crippen molar-refractivity contribution in [2.24, 2.45) is 0 Å². The Morgan fingerprint density at radius 2 is 1.10 bits per heavy atom. The molecule has 0 aliphatic heterocycles. The van der Waals surface area contributed by atoms with Crippen LogP contribution in [0.4, 0.5) is 0 Å². The predicted molar refractivity (Wildman–Crippen MR) is 18.2 cm³/mol. The molecule has 0 unspecified atom stereocenters. The average molecular weight is 189 g/mol. The SMILES string of the molecule is O=S(=O)([O-])[O-].O=[NH+][O-].[Na+].[Na+]. The fourth-order valence-corrected chi connectivity index (χ4v) is 0. The van der Waals surface area contributed by atoms with E-state index in [0.717, 1.165) is 0 Å². The first-order valence-corrected chi connectivity index (χ1v) is 2.41. The predicted octanol–water partition coefficient (Wildman–Crippen LogP) is -9.00. The number of rotatable bonds is 0. The summed E-state index contributed by atoms with van der Waals surface area (Å²) in [5, 5.41) is 8.38. The van der Waals surface area contributed by atoms with Crippen LogP contribution in [-0.4, -0.2) is 17.5 Å². The normalized spacial score (nSPS) is 7.00. The van der Waals surface area contributed by atoms with Crippen LogP contribution in [0.2, 0.25) is 0 Å². The summed E-state index contributed by atoms with van der Waals surface area (Å²) in [6.07, 6.45) is 0. The second-order valence-electron chi connectivity index (χ2n) is 0.492. The Labute approximate surface area is 101 Å². The minimum atomic E-state index is -5.17. The molecule has 0 heterocycles. The molecule has 50 valence electrons. The van der Waals surface area contributed by atoms with Crippen LogP contribution in [0.15, 0.2) is 0 Å². The van der Waals surface area contributed by atoms with E-state index >= 15 is 0 Å². The molecule has 0 saturated heterocycles. The molecule has 0 aromatic rings. The zero-order valence-electron chi connectivity index (χ0n) is 5.36. The molecule has 0 radical (unpaired) electrons. The first kappa shape index (κ1) is 22.5. The smallest absolute Gasteiger partial charge is 0.759 e. The molecule has 10 heteroatoms. The van der Waals surface area contributed by atoms with E-state index in [9.17, 15) is 0 Å². The van der Waals surface area contributed by atoms with Crippen LogP contribution >= 0.6 is 0 Å². The fraction of sp³-hybridized carbons (Fsp3) is 0. The van der Waals surface area contributed by atoms with Gasteiger partial charge in [-0.2, -0.15) is 0 Å². The monoisotopic (exact) mass is 189 g/mol. The Bertz CT molecular complexity index is 130. The topological polar surface area (TPSA) is 134 Å². The molecular formula is HNNa2O6S.